The molecule has 2 fully saturated rings. The van der Waals surface area contributed by atoms with Crippen molar-refractivity contribution in [2.75, 3.05) is 13.7 Å². The number of hydrogen-bond donors (Lipinski definition) is 2. The van der Waals surface area contributed by atoms with E-state index in [1.165, 1.54) is 5.56 Å². The lowest BCUT2D eigenvalue weighted by atomic mass is 9.45. The molecule has 0 aromatic heterocycles. The maximum Gasteiger partial charge on any atom is 0.177 e. The van der Waals surface area contributed by atoms with Crippen LogP contribution in [-0.4, -0.2) is 41.8 Å². The average Bonchev–Trinajstić information content (AvgIpc) is 2.81. The summed E-state index contributed by atoms with van der Waals surface area (Å²) in [5.41, 5.74) is 0.258. The zero-order chi connectivity index (χ0) is 16.0. The first-order valence-electron chi connectivity index (χ1n) is 8.36. The summed E-state index contributed by atoms with van der Waals surface area (Å²) >= 11 is 0. The van der Waals surface area contributed by atoms with Crippen molar-refractivity contribution in [1.82, 2.24) is 5.32 Å². The maximum absolute atomic E-state index is 12.9. The predicted molar refractivity (Wildman–Crippen MR) is 93.2 cm³/mol. The molecular formula is C18H22BrNO4. The molecule has 4 aliphatic rings. The number of methoxy groups -OCH3 is 1. The SMILES string of the molecule is Br.COC12CCC(=O)[C@]3(C)Oc4c(O)ccc5c4[C@]13CCN[C@@H]2C5. The number of benzene rings is 1. The molecular weight excluding hydrogens is 374 g/mol. The summed E-state index contributed by atoms with van der Waals surface area (Å²) < 4.78 is 12.4. The second-order valence-electron chi connectivity index (χ2n) is 7.47. The van der Waals surface area contributed by atoms with Gasteiger partial charge in [-0.2, -0.15) is 0 Å². The van der Waals surface area contributed by atoms with Crippen molar-refractivity contribution in [1.29, 1.82) is 0 Å². The van der Waals surface area contributed by atoms with Gasteiger partial charge in [-0.1, -0.05) is 6.07 Å². The van der Waals surface area contributed by atoms with Gasteiger partial charge >= 0.3 is 0 Å². The number of Topliss-reactive ketones (excluding diaryl/α,β-unsaturated/α-hetero) is 1. The number of carbonyl (C=O) groups excluding carboxylic acids is 1. The molecule has 1 spiro atoms. The van der Waals surface area contributed by atoms with Crippen molar-refractivity contribution in [3.63, 3.8) is 0 Å². The van der Waals surface area contributed by atoms with Crippen molar-refractivity contribution < 1.29 is 19.4 Å². The van der Waals surface area contributed by atoms with Gasteiger partial charge in [0.25, 0.3) is 0 Å². The molecule has 2 aliphatic carbocycles. The molecule has 4 atom stereocenters. The zero-order valence-corrected chi connectivity index (χ0v) is 15.6. The highest BCUT2D eigenvalue weighted by atomic mass is 79.9. The Labute approximate surface area is 151 Å². The fourth-order valence-electron chi connectivity index (χ4n) is 6.07. The van der Waals surface area contributed by atoms with Crippen LogP contribution in [0.3, 0.4) is 0 Å². The molecule has 1 saturated heterocycles. The molecule has 2 aliphatic heterocycles. The first-order chi connectivity index (χ1) is 11.0. The Morgan fingerprint density at radius 1 is 1.38 bits per heavy atom. The lowest BCUT2D eigenvalue weighted by molar-refractivity contribution is -0.199. The molecule has 0 radical (unpaired) electrons. The largest absolute Gasteiger partial charge is 0.504 e. The van der Waals surface area contributed by atoms with E-state index in [0.717, 1.165) is 24.9 Å². The van der Waals surface area contributed by atoms with Crippen molar-refractivity contribution >= 4 is 22.8 Å². The van der Waals surface area contributed by atoms with Crippen LogP contribution in [-0.2, 0) is 21.4 Å². The molecule has 24 heavy (non-hydrogen) atoms. The molecule has 2 heterocycles. The van der Waals surface area contributed by atoms with Crippen LogP contribution in [0.2, 0.25) is 0 Å². The molecule has 6 heteroatoms. The molecule has 1 aromatic rings. The van der Waals surface area contributed by atoms with Crippen molar-refractivity contribution in [3.8, 4) is 11.5 Å². The Balaban J connectivity index is 0.00000146. The second kappa shape index (κ2) is 4.74. The van der Waals surface area contributed by atoms with E-state index in [-0.39, 0.29) is 34.6 Å². The average molecular weight is 396 g/mol. The van der Waals surface area contributed by atoms with Crippen molar-refractivity contribution in [2.45, 2.75) is 55.3 Å². The predicted octanol–water partition coefficient (Wildman–Crippen LogP) is 2.03. The van der Waals surface area contributed by atoms with Gasteiger partial charge in [0.1, 0.15) is 0 Å². The number of phenols is 1. The standard InChI is InChI=1S/C18H21NO4.BrH/c1-16-13(21)5-6-18(22-2)12-9-10-3-4-11(20)15(23-16)14(10)17(16,18)7-8-19-12;/h3-4,12,19-20H,5-9H2,1-2H3;1H/t12-,16+,17+,18?;/m1./s1. The first kappa shape index (κ1) is 16.4. The van der Waals surface area contributed by atoms with Crippen molar-refractivity contribution in [3.05, 3.63) is 23.3 Å². The minimum absolute atomic E-state index is 0. The Morgan fingerprint density at radius 2 is 2.17 bits per heavy atom. The number of halogens is 1. The Kier molecular flexibility index (Phi) is 3.23. The molecule has 1 unspecified atom stereocenters. The van der Waals surface area contributed by atoms with Gasteiger partial charge in [0, 0.05) is 25.1 Å². The number of hydrogen-bond acceptors (Lipinski definition) is 5. The molecule has 2 N–H and O–H groups in total. The highest BCUT2D eigenvalue weighted by Crippen LogP contribution is 2.68. The lowest BCUT2D eigenvalue weighted by Crippen LogP contribution is -2.80. The lowest BCUT2D eigenvalue weighted by Gasteiger charge is -2.64. The number of carbonyl (C=O) groups is 1. The van der Waals surface area contributed by atoms with Crippen LogP contribution in [0.4, 0.5) is 0 Å². The third kappa shape index (κ3) is 1.40. The molecule has 0 amide bonds. The summed E-state index contributed by atoms with van der Waals surface area (Å²) in [5, 5.41) is 14.0. The van der Waals surface area contributed by atoms with Gasteiger partial charge in [-0.25, -0.2) is 0 Å². The van der Waals surface area contributed by atoms with Crippen LogP contribution in [0.25, 0.3) is 0 Å². The molecule has 1 saturated carbocycles. The number of rotatable bonds is 1. The normalized spacial score (nSPS) is 41.2. The van der Waals surface area contributed by atoms with E-state index in [2.05, 4.69) is 5.32 Å². The number of aromatic hydroxyl groups is 1. The fourth-order valence-corrected chi connectivity index (χ4v) is 6.07. The van der Waals surface area contributed by atoms with Gasteiger partial charge in [-0.05, 0) is 44.4 Å². The molecule has 5 nitrogen and oxygen atoms in total. The summed E-state index contributed by atoms with van der Waals surface area (Å²) in [5.74, 6) is 0.750. The van der Waals surface area contributed by atoms with Gasteiger partial charge in [0.2, 0.25) is 0 Å². The van der Waals surface area contributed by atoms with E-state index in [1.54, 1.807) is 13.2 Å². The van der Waals surface area contributed by atoms with E-state index in [1.807, 2.05) is 13.0 Å². The number of ether oxygens (including phenoxy) is 2. The fraction of sp³-hybridized carbons (Fsp3) is 0.611. The van der Waals surface area contributed by atoms with Gasteiger partial charge in [0.05, 0.1) is 11.0 Å². The highest BCUT2D eigenvalue weighted by molar-refractivity contribution is 8.93. The summed E-state index contributed by atoms with van der Waals surface area (Å²) in [7, 11) is 1.75. The molecule has 2 bridgehead atoms. The van der Waals surface area contributed by atoms with Crippen LogP contribution in [0.1, 0.15) is 37.3 Å². The summed E-state index contributed by atoms with van der Waals surface area (Å²) in [6, 6.07) is 3.83. The summed E-state index contributed by atoms with van der Waals surface area (Å²) in [6.07, 6.45) is 2.77. The van der Waals surface area contributed by atoms with E-state index in [0.29, 0.717) is 18.6 Å². The number of piperidine rings is 1. The first-order valence-corrected chi connectivity index (χ1v) is 8.36. The number of phenolic OH excluding ortho intramolecular Hbond substituents is 1. The van der Waals surface area contributed by atoms with Gasteiger partial charge in [-0.15, -0.1) is 17.0 Å². The summed E-state index contributed by atoms with van der Waals surface area (Å²) in [4.78, 5) is 12.9. The Morgan fingerprint density at radius 3 is 2.92 bits per heavy atom. The monoisotopic (exact) mass is 395 g/mol. The molecule has 1 aromatic carbocycles. The number of ketones is 1. The van der Waals surface area contributed by atoms with Crippen LogP contribution in [0.5, 0.6) is 11.5 Å². The maximum atomic E-state index is 12.9. The quantitative estimate of drug-likeness (QED) is 0.761. The minimum Gasteiger partial charge on any atom is -0.504 e. The van der Waals surface area contributed by atoms with Gasteiger partial charge in [-0.3, -0.25) is 4.79 Å². The smallest absolute Gasteiger partial charge is 0.177 e. The van der Waals surface area contributed by atoms with E-state index in [4.69, 9.17) is 9.47 Å². The van der Waals surface area contributed by atoms with E-state index >= 15 is 0 Å². The minimum atomic E-state index is -0.960. The third-order valence-corrected chi connectivity index (χ3v) is 6.99. The second-order valence-corrected chi connectivity index (χ2v) is 7.47. The van der Waals surface area contributed by atoms with Crippen LogP contribution in [0, 0.1) is 0 Å². The zero-order valence-electron chi connectivity index (χ0n) is 13.8. The van der Waals surface area contributed by atoms with Crippen LogP contribution in [0.15, 0.2) is 12.1 Å². The van der Waals surface area contributed by atoms with Crippen molar-refractivity contribution in [2.24, 2.45) is 0 Å². The molecule has 5 rings (SSSR count). The van der Waals surface area contributed by atoms with E-state index in [9.17, 15) is 9.90 Å². The topological polar surface area (TPSA) is 67.8 Å². The number of nitrogens with one attached hydrogen (secondary N) is 1. The van der Waals surface area contributed by atoms with Gasteiger partial charge < -0.3 is 19.9 Å². The Bertz CT molecular complexity index is 753. The van der Waals surface area contributed by atoms with E-state index < -0.39 is 16.6 Å². The van der Waals surface area contributed by atoms with Gasteiger partial charge in [0.15, 0.2) is 22.9 Å². The van der Waals surface area contributed by atoms with Crippen LogP contribution < -0.4 is 10.1 Å². The van der Waals surface area contributed by atoms with Crippen LogP contribution >= 0.6 is 17.0 Å². The molecule has 130 valence electrons. The Hall–Kier alpha value is -1.11. The summed E-state index contributed by atoms with van der Waals surface area (Å²) in [6.45, 7) is 2.73. The highest BCUT2D eigenvalue weighted by Gasteiger charge is 2.77. The third-order valence-electron chi connectivity index (χ3n) is 6.99.